The van der Waals surface area contributed by atoms with Crippen molar-refractivity contribution in [1.29, 1.82) is 0 Å². The van der Waals surface area contributed by atoms with Crippen LogP contribution in [0.1, 0.15) is 63.5 Å². The Morgan fingerprint density at radius 3 is 2.68 bits per heavy atom. The topological polar surface area (TPSA) is 93.2 Å². The molecule has 10 heteroatoms. The Hall–Kier alpha value is -3.95. The summed E-state index contributed by atoms with van der Waals surface area (Å²) >= 11 is 0. The van der Waals surface area contributed by atoms with Gasteiger partial charge in [0.2, 0.25) is 5.91 Å². The average Bonchev–Trinajstić information content (AvgIpc) is 3.69. The summed E-state index contributed by atoms with van der Waals surface area (Å²) in [5.41, 5.74) is 1.56. The number of nitrogens with one attached hydrogen (secondary N) is 2. The molecule has 1 aliphatic heterocycles. The van der Waals surface area contributed by atoms with Crippen LogP contribution in [0.15, 0.2) is 36.4 Å². The van der Waals surface area contributed by atoms with E-state index in [0.29, 0.717) is 16.8 Å². The fourth-order valence-electron chi connectivity index (χ4n) is 4.50. The van der Waals surface area contributed by atoms with Crippen molar-refractivity contribution in [3.8, 4) is 11.6 Å². The number of hydrogen-bond donors (Lipinski definition) is 2. The van der Waals surface area contributed by atoms with Gasteiger partial charge in [-0.2, -0.15) is 8.78 Å². The second-order valence-corrected chi connectivity index (χ2v) is 9.49. The first-order valence-corrected chi connectivity index (χ1v) is 12.0. The average molecular weight is 511 g/mol. The molecular weight excluding hydrogens is 485 g/mol. The second-order valence-electron chi connectivity index (χ2n) is 9.49. The summed E-state index contributed by atoms with van der Waals surface area (Å²) in [6, 6.07) is 9.23. The molecule has 2 amide bonds. The summed E-state index contributed by atoms with van der Waals surface area (Å²) in [5, 5.41) is 12.8. The van der Waals surface area contributed by atoms with Crippen molar-refractivity contribution in [3.63, 3.8) is 0 Å². The zero-order valence-corrected chi connectivity index (χ0v) is 20.3. The lowest BCUT2D eigenvalue weighted by Crippen LogP contribution is -2.36. The number of hydrogen-bond acceptors (Lipinski definition) is 5. The molecule has 1 saturated carbocycles. The zero-order chi connectivity index (χ0) is 26.3. The van der Waals surface area contributed by atoms with E-state index in [9.17, 15) is 9.59 Å². The molecule has 0 radical (unpaired) electrons. The molecule has 2 N–H and O–H groups in total. The fraction of sp³-hybridized carbons (Fsp3) is 0.333. The lowest BCUT2D eigenvalue weighted by atomic mass is 10.00. The number of halogens is 3. The highest BCUT2D eigenvalue weighted by molar-refractivity contribution is 6.07. The van der Waals surface area contributed by atoms with Crippen molar-refractivity contribution in [2.75, 3.05) is 11.9 Å². The summed E-state index contributed by atoms with van der Waals surface area (Å²) in [7, 11) is 0. The number of aromatic nitrogens is 2. The molecule has 2 heterocycles. The van der Waals surface area contributed by atoms with Crippen LogP contribution in [0.5, 0.6) is 11.6 Å². The van der Waals surface area contributed by atoms with Crippen molar-refractivity contribution in [2.45, 2.75) is 51.4 Å². The van der Waals surface area contributed by atoms with Gasteiger partial charge in [-0.15, -0.1) is 10.2 Å². The molecule has 0 unspecified atom stereocenters. The molecule has 3 aromatic rings. The summed E-state index contributed by atoms with van der Waals surface area (Å²) in [6.07, 6.45) is 2.07. The van der Waals surface area contributed by atoms with Crippen molar-refractivity contribution < 1.29 is 27.5 Å². The first-order chi connectivity index (χ1) is 17.6. The van der Waals surface area contributed by atoms with Crippen LogP contribution in [0.25, 0.3) is 0 Å². The summed E-state index contributed by atoms with van der Waals surface area (Å²) in [4.78, 5) is 25.4. The zero-order valence-electron chi connectivity index (χ0n) is 20.3. The smallest absolute Gasteiger partial charge is 0.290 e. The highest BCUT2D eigenvalue weighted by atomic mass is 19.3. The quantitative estimate of drug-likeness (QED) is 0.450. The molecular formula is C27H25F3N4O3. The van der Waals surface area contributed by atoms with E-state index in [-0.39, 0.29) is 53.1 Å². The van der Waals surface area contributed by atoms with E-state index in [1.807, 2.05) is 0 Å². The molecule has 192 valence electrons. The van der Waals surface area contributed by atoms with Gasteiger partial charge in [0.25, 0.3) is 17.7 Å². The van der Waals surface area contributed by atoms with Gasteiger partial charge in [-0.25, -0.2) is 4.39 Å². The lowest BCUT2D eigenvalue weighted by molar-refractivity contribution is -0.116. The maximum atomic E-state index is 15.1. The number of alkyl halides is 2. The first kappa shape index (κ1) is 24.7. The van der Waals surface area contributed by atoms with Crippen LogP contribution >= 0.6 is 0 Å². The number of carbonyl (C=O) groups is 2. The van der Waals surface area contributed by atoms with Gasteiger partial charge in [0.15, 0.2) is 11.6 Å². The predicted octanol–water partition coefficient (Wildman–Crippen LogP) is 5.31. The number of carbonyl (C=O) groups excluding carboxylic acids is 2. The van der Waals surface area contributed by atoms with Crippen LogP contribution in [-0.2, 0) is 17.1 Å². The first-order valence-electron chi connectivity index (χ1n) is 12.0. The molecule has 7 nitrogen and oxygen atoms in total. The van der Waals surface area contributed by atoms with E-state index in [4.69, 9.17) is 4.74 Å². The predicted molar refractivity (Wildman–Crippen MR) is 130 cm³/mol. The highest BCUT2D eigenvalue weighted by Gasteiger charge is 2.36. The Kier molecular flexibility index (Phi) is 6.35. The maximum Gasteiger partial charge on any atom is 0.290 e. The number of fused-ring (bicyclic) bond motifs is 1. The molecule has 1 aromatic heterocycles. The van der Waals surface area contributed by atoms with E-state index in [0.717, 1.165) is 18.4 Å². The van der Waals surface area contributed by atoms with Gasteiger partial charge in [0.05, 0.1) is 17.9 Å². The number of benzene rings is 2. The van der Waals surface area contributed by atoms with Gasteiger partial charge >= 0.3 is 0 Å². The van der Waals surface area contributed by atoms with Gasteiger partial charge in [-0.1, -0.05) is 35.9 Å². The van der Waals surface area contributed by atoms with Crippen LogP contribution in [0.4, 0.5) is 18.9 Å². The minimum Gasteiger partial charge on any atom is -0.434 e. The molecule has 1 aliphatic carbocycles. The van der Waals surface area contributed by atoms with Gasteiger partial charge in [0, 0.05) is 18.4 Å². The second kappa shape index (κ2) is 9.49. The van der Waals surface area contributed by atoms with Crippen LogP contribution in [0.2, 0.25) is 0 Å². The Balaban J connectivity index is 1.47. The standard InChI is InChI=1S/C27H25F3N4O3/c1-14-6-9-18(15(2)12-14)27(29,30)13-31-25(36)22-24-19(10-11-21(35)32-24)33-34-26(22)37-20-5-3-4-17(23(20)28)16-7-8-16/h3-6,9,12,16H,7-8,10-11,13H2,1-2H3,(H,31,36)(H,32,35). The largest absolute Gasteiger partial charge is 0.434 e. The summed E-state index contributed by atoms with van der Waals surface area (Å²) < 4.78 is 50.9. The normalized spacial score (nSPS) is 15.1. The number of nitrogens with zero attached hydrogens (tertiary/aromatic N) is 2. The van der Waals surface area contributed by atoms with E-state index >= 15 is 13.2 Å². The molecule has 0 atom stereocenters. The molecule has 37 heavy (non-hydrogen) atoms. The number of anilines is 1. The SMILES string of the molecule is Cc1ccc(C(F)(F)CNC(=O)c2c(Oc3cccc(C4CC4)c3F)nnc3c2NC(=O)CC3)c(C)c1. The maximum absolute atomic E-state index is 15.1. The third-order valence-corrected chi connectivity index (χ3v) is 6.56. The van der Waals surface area contributed by atoms with Gasteiger partial charge in [0.1, 0.15) is 5.56 Å². The summed E-state index contributed by atoms with van der Waals surface area (Å²) in [6.45, 7) is 2.37. The number of rotatable bonds is 7. The third-order valence-electron chi connectivity index (χ3n) is 6.56. The van der Waals surface area contributed by atoms with Crippen molar-refractivity contribution in [1.82, 2.24) is 15.5 Å². The van der Waals surface area contributed by atoms with Crippen LogP contribution in [-0.4, -0.2) is 28.6 Å². The van der Waals surface area contributed by atoms with E-state index < -0.39 is 24.2 Å². The van der Waals surface area contributed by atoms with Gasteiger partial charge in [-0.3, -0.25) is 9.59 Å². The van der Waals surface area contributed by atoms with E-state index in [1.165, 1.54) is 12.1 Å². The van der Waals surface area contributed by atoms with E-state index in [1.54, 1.807) is 38.1 Å². The summed E-state index contributed by atoms with van der Waals surface area (Å²) in [5.74, 6) is -5.73. The van der Waals surface area contributed by atoms with Crippen LogP contribution < -0.4 is 15.4 Å². The Morgan fingerprint density at radius 1 is 1.16 bits per heavy atom. The van der Waals surface area contributed by atoms with Gasteiger partial charge in [-0.05, 0) is 49.8 Å². The molecule has 2 aromatic carbocycles. The number of aryl methyl sites for hydroxylation is 3. The molecule has 2 aliphatic rings. The van der Waals surface area contributed by atoms with Crippen LogP contribution in [0, 0.1) is 19.7 Å². The Morgan fingerprint density at radius 2 is 1.95 bits per heavy atom. The minimum absolute atomic E-state index is 0.0207. The van der Waals surface area contributed by atoms with Crippen molar-refractivity contribution in [3.05, 3.63) is 75.7 Å². The molecule has 0 spiro atoms. The molecule has 5 rings (SSSR count). The molecule has 0 bridgehead atoms. The minimum atomic E-state index is -3.37. The highest BCUT2D eigenvalue weighted by Crippen LogP contribution is 2.44. The fourth-order valence-corrected chi connectivity index (χ4v) is 4.50. The van der Waals surface area contributed by atoms with Crippen molar-refractivity contribution >= 4 is 17.5 Å². The van der Waals surface area contributed by atoms with Gasteiger partial charge < -0.3 is 15.4 Å². The molecule has 1 fully saturated rings. The Labute approximate surface area is 211 Å². The third kappa shape index (κ3) is 5.00. The lowest BCUT2D eigenvalue weighted by Gasteiger charge is -2.22. The Bertz CT molecular complexity index is 1410. The van der Waals surface area contributed by atoms with E-state index in [2.05, 4.69) is 20.8 Å². The van der Waals surface area contributed by atoms with Crippen molar-refractivity contribution in [2.24, 2.45) is 0 Å². The molecule has 0 saturated heterocycles. The monoisotopic (exact) mass is 510 g/mol. The number of ether oxygens (including phenoxy) is 1. The van der Waals surface area contributed by atoms with Crippen LogP contribution in [0.3, 0.4) is 0 Å². The number of amides is 2.